The topological polar surface area (TPSA) is 92.8 Å². The van der Waals surface area contributed by atoms with Crippen LogP contribution in [0.5, 0.6) is 5.75 Å². The van der Waals surface area contributed by atoms with Gasteiger partial charge in [-0.1, -0.05) is 72.2 Å². The molecule has 0 radical (unpaired) electrons. The fourth-order valence-electron chi connectivity index (χ4n) is 3.75. The van der Waals surface area contributed by atoms with E-state index in [9.17, 15) is 9.59 Å². The van der Waals surface area contributed by atoms with Crippen LogP contribution in [-0.4, -0.2) is 30.6 Å². The van der Waals surface area contributed by atoms with Crippen molar-refractivity contribution in [2.45, 2.75) is 32.9 Å². The Morgan fingerprint density at radius 1 is 1.12 bits per heavy atom. The van der Waals surface area contributed by atoms with E-state index in [4.69, 9.17) is 14.3 Å². The maximum atomic E-state index is 13.6. The number of nitrogens with zero attached hydrogens (tertiary/aromatic N) is 1. The van der Waals surface area contributed by atoms with Gasteiger partial charge in [0.05, 0.1) is 12.2 Å². The summed E-state index contributed by atoms with van der Waals surface area (Å²) in [5.74, 6) is 0.165. The second-order valence-corrected chi connectivity index (χ2v) is 8.76. The first-order valence-electron chi connectivity index (χ1n) is 10.9. The maximum Gasteiger partial charge on any atom is 0.373 e. The third-order valence-corrected chi connectivity index (χ3v) is 6.48. The van der Waals surface area contributed by atoms with Gasteiger partial charge >= 0.3 is 6.15 Å². The van der Waals surface area contributed by atoms with Gasteiger partial charge in [-0.15, -0.1) is 0 Å². The number of para-hydroxylation sites is 2. The SMILES string of the molecule is CC[C@@H](C)C(=O)N[C@H]1COc2ccccc2N(Cc2ccc(Br)c3ccccc23)C1=O.O=C=O. The fourth-order valence-corrected chi connectivity index (χ4v) is 4.23. The van der Waals surface area contributed by atoms with E-state index in [0.717, 1.165) is 20.8 Å². The van der Waals surface area contributed by atoms with Crippen LogP contribution in [0.25, 0.3) is 10.8 Å². The Kier molecular flexibility index (Phi) is 8.57. The molecule has 0 spiro atoms. The van der Waals surface area contributed by atoms with Crippen molar-refractivity contribution < 1.29 is 23.9 Å². The van der Waals surface area contributed by atoms with Gasteiger partial charge in [-0.05, 0) is 41.0 Å². The standard InChI is InChI=1S/C25H25BrN2O3.CO2/c1-3-16(2)24(29)27-21-15-31-23-11-7-6-10-22(23)28(25(21)30)14-17-12-13-20(26)19-9-5-4-8-18(17)19;2-1-3/h4-13,16,21H,3,14-15H2,1-2H3,(H,27,29);/t16-,21+;/m1./s1. The molecule has 4 rings (SSSR count). The van der Waals surface area contributed by atoms with Gasteiger partial charge in [0.1, 0.15) is 18.4 Å². The molecule has 8 heteroatoms. The summed E-state index contributed by atoms with van der Waals surface area (Å²) < 4.78 is 6.95. The molecule has 1 aliphatic rings. The van der Waals surface area contributed by atoms with Crippen molar-refractivity contribution in [3.8, 4) is 5.75 Å². The zero-order valence-electron chi connectivity index (χ0n) is 18.9. The summed E-state index contributed by atoms with van der Waals surface area (Å²) >= 11 is 3.62. The van der Waals surface area contributed by atoms with E-state index in [1.165, 1.54) is 0 Å². The number of anilines is 1. The van der Waals surface area contributed by atoms with E-state index in [0.29, 0.717) is 24.4 Å². The highest BCUT2D eigenvalue weighted by Gasteiger charge is 2.33. The summed E-state index contributed by atoms with van der Waals surface area (Å²) in [5, 5.41) is 5.06. The quantitative estimate of drug-likeness (QED) is 0.531. The highest BCUT2D eigenvalue weighted by Crippen LogP contribution is 2.34. The molecule has 0 bridgehead atoms. The molecule has 2 amide bonds. The number of nitrogens with one attached hydrogen (secondary N) is 1. The number of carbonyl (C=O) groups is 2. The van der Waals surface area contributed by atoms with Crippen LogP contribution in [0.15, 0.2) is 65.1 Å². The Balaban J connectivity index is 0.00000103. The summed E-state index contributed by atoms with van der Waals surface area (Å²) in [5.41, 5.74) is 1.73. The van der Waals surface area contributed by atoms with Gasteiger partial charge in [-0.2, -0.15) is 9.59 Å². The summed E-state index contributed by atoms with van der Waals surface area (Å²) in [7, 11) is 0. The second-order valence-electron chi connectivity index (χ2n) is 7.91. The second kappa shape index (κ2) is 11.6. The predicted octanol–water partition coefficient (Wildman–Crippen LogP) is 4.48. The van der Waals surface area contributed by atoms with Crippen molar-refractivity contribution in [3.05, 3.63) is 70.7 Å². The molecular weight excluding hydrogens is 500 g/mol. The Morgan fingerprint density at radius 2 is 1.76 bits per heavy atom. The van der Waals surface area contributed by atoms with Gasteiger partial charge in [0.2, 0.25) is 5.91 Å². The van der Waals surface area contributed by atoms with Gasteiger partial charge in [-0.25, -0.2) is 0 Å². The van der Waals surface area contributed by atoms with Crippen molar-refractivity contribution in [3.63, 3.8) is 0 Å². The molecule has 0 saturated carbocycles. The van der Waals surface area contributed by atoms with Crippen molar-refractivity contribution in [2.75, 3.05) is 11.5 Å². The van der Waals surface area contributed by atoms with Gasteiger partial charge < -0.3 is 15.0 Å². The molecule has 1 N–H and O–H groups in total. The molecule has 0 aliphatic carbocycles. The molecule has 0 aromatic heterocycles. The smallest absolute Gasteiger partial charge is 0.373 e. The lowest BCUT2D eigenvalue weighted by molar-refractivity contribution is -0.191. The predicted molar refractivity (Wildman–Crippen MR) is 131 cm³/mol. The van der Waals surface area contributed by atoms with Crippen LogP contribution in [0.4, 0.5) is 5.69 Å². The minimum atomic E-state index is -0.740. The van der Waals surface area contributed by atoms with Crippen LogP contribution in [-0.2, 0) is 25.7 Å². The summed E-state index contributed by atoms with van der Waals surface area (Å²) in [4.78, 5) is 44.1. The molecule has 0 unspecified atom stereocenters. The van der Waals surface area contributed by atoms with E-state index in [1.54, 1.807) is 4.90 Å². The van der Waals surface area contributed by atoms with Crippen LogP contribution in [0.2, 0.25) is 0 Å². The monoisotopic (exact) mass is 524 g/mol. The molecule has 1 heterocycles. The third-order valence-electron chi connectivity index (χ3n) is 5.79. The Hall–Kier alpha value is -3.48. The molecule has 3 aromatic rings. The number of amides is 2. The largest absolute Gasteiger partial charge is 0.489 e. The number of halogens is 1. The Labute approximate surface area is 206 Å². The van der Waals surface area contributed by atoms with Crippen molar-refractivity contribution in [1.82, 2.24) is 5.32 Å². The molecule has 3 aromatic carbocycles. The number of benzene rings is 3. The number of hydrogen-bond donors (Lipinski definition) is 1. The average Bonchev–Trinajstić information content (AvgIpc) is 2.98. The highest BCUT2D eigenvalue weighted by molar-refractivity contribution is 9.10. The Bertz CT molecular complexity index is 1220. The van der Waals surface area contributed by atoms with E-state index in [2.05, 4.69) is 33.4 Å². The lowest BCUT2D eigenvalue weighted by Crippen LogP contribution is -2.51. The van der Waals surface area contributed by atoms with Crippen LogP contribution < -0.4 is 15.0 Å². The van der Waals surface area contributed by atoms with Crippen LogP contribution in [0.3, 0.4) is 0 Å². The van der Waals surface area contributed by atoms with E-state index in [1.807, 2.05) is 62.4 Å². The lowest BCUT2D eigenvalue weighted by Gasteiger charge is -2.26. The first-order valence-corrected chi connectivity index (χ1v) is 11.7. The Morgan fingerprint density at radius 3 is 2.47 bits per heavy atom. The fraction of sp³-hybridized carbons (Fsp3) is 0.269. The van der Waals surface area contributed by atoms with Crippen LogP contribution >= 0.6 is 15.9 Å². The molecule has 1 aliphatic heterocycles. The van der Waals surface area contributed by atoms with Crippen LogP contribution in [0.1, 0.15) is 25.8 Å². The van der Waals surface area contributed by atoms with Crippen molar-refractivity contribution in [2.24, 2.45) is 5.92 Å². The summed E-state index contributed by atoms with van der Waals surface area (Å²) in [6, 6.07) is 18.9. The molecule has 176 valence electrons. The third kappa shape index (κ3) is 5.53. The molecular formula is C26H25BrN2O5. The molecule has 2 atom stereocenters. The average molecular weight is 525 g/mol. The number of ether oxygens (including phenoxy) is 1. The van der Waals surface area contributed by atoms with Gasteiger partial charge in [0.25, 0.3) is 5.91 Å². The minimum absolute atomic E-state index is 0.107. The minimum Gasteiger partial charge on any atom is -0.489 e. The first-order chi connectivity index (χ1) is 16.4. The van der Waals surface area contributed by atoms with E-state index >= 15 is 0 Å². The van der Waals surface area contributed by atoms with E-state index in [-0.39, 0.29) is 30.5 Å². The van der Waals surface area contributed by atoms with Crippen LogP contribution in [0, 0.1) is 5.92 Å². The number of carbonyl (C=O) groups excluding carboxylic acids is 4. The molecule has 34 heavy (non-hydrogen) atoms. The molecule has 0 fully saturated rings. The summed E-state index contributed by atoms with van der Waals surface area (Å²) in [6.45, 7) is 4.30. The summed E-state index contributed by atoms with van der Waals surface area (Å²) in [6.07, 6.45) is 0.961. The zero-order chi connectivity index (χ0) is 24.7. The van der Waals surface area contributed by atoms with Gasteiger partial charge in [-0.3, -0.25) is 9.59 Å². The normalized spacial score (nSPS) is 15.7. The van der Waals surface area contributed by atoms with Crippen molar-refractivity contribution in [1.29, 1.82) is 0 Å². The molecule has 7 nitrogen and oxygen atoms in total. The van der Waals surface area contributed by atoms with E-state index < -0.39 is 6.04 Å². The number of hydrogen-bond acceptors (Lipinski definition) is 5. The zero-order valence-corrected chi connectivity index (χ0v) is 20.5. The van der Waals surface area contributed by atoms with Gasteiger partial charge in [0.15, 0.2) is 0 Å². The first kappa shape index (κ1) is 25.1. The lowest BCUT2D eigenvalue weighted by atomic mass is 10.0. The number of rotatable bonds is 5. The van der Waals surface area contributed by atoms with Crippen molar-refractivity contribution >= 4 is 50.4 Å². The van der Waals surface area contributed by atoms with Gasteiger partial charge in [0, 0.05) is 10.4 Å². The maximum absolute atomic E-state index is 13.6. The highest BCUT2D eigenvalue weighted by atomic mass is 79.9. The molecule has 0 saturated heterocycles. The number of fused-ring (bicyclic) bond motifs is 2.